The Morgan fingerprint density at radius 3 is 2.83 bits per heavy atom. The molecule has 4 aromatic rings. The highest BCUT2D eigenvalue weighted by Crippen LogP contribution is 2.45. The van der Waals surface area contributed by atoms with Gasteiger partial charge in [-0.05, 0) is 37.1 Å². The molecule has 36 heavy (non-hydrogen) atoms. The van der Waals surface area contributed by atoms with Crippen molar-refractivity contribution in [3.8, 4) is 17.3 Å². The molecular weight excluding hydrogens is 484 g/mol. The number of halogens is 2. The number of fused-ring (bicyclic) bond motifs is 5. The second-order valence-corrected chi connectivity index (χ2v) is 10.7. The van der Waals surface area contributed by atoms with Crippen molar-refractivity contribution in [3.05, 3.63) is 40.7 Å². The normalized spacial score (nSPS) is 21.4. The van der Waals surface area contributed by atoms with E-state index < -0.39 is 11.6 Å². The Hall–Kier alpha value is -3.46. The molecule has 2 saturated heterocycles. The van der Waals surface area contributed by atoms with Gasteiger partial charge in [0.15, 0.2) is 11.6 Å². The Morgan fingerprint density at radius 1 is 1.19 bits per heavy atom. The maximum absolute atomic E-state index is 16.4. The zero-order chi connectivity index (χ0) is 24.7. The van der Waals surface area contributed by atoms with Crippen LogP contribution < -0.4 is 10.6 Å². The van der Waals surface area contributed by atoms with Crippen molar-refractivity contribution < 1.29 is 13.5 Å². The Labute approximate surface area is 208 Å². The predicted octanol–water partition coefficient (Wildman–Crippen LogP) is 3.81. The number of nitrogens with two attached hydrogens (primary N) is 1. The van der Waals surface area contributed by atoms with Crippen LogP contribution in [0, 0.1) is 28.9 Å². The number of likely N-dealkylation sites (N-methyl/N-ethyl adjacent to an activating group) is 1. The maximum atomic E-state index is 16.4. The van der Waals surface area contributed by atoms with E-state index in [4.69, 9.17) is 15.5 Å². The molecule has 1 aromatic carbocycles. The van der Waals surface area contributed by atoms with Crippen LogP contribution in [0.5, 0.6) is 0 Å². The summed E-state index contributed by atoms with van der Waals surface area (Å²) in [5, 5.41) is 10.7. The third-order valence-electron chi connectivity index (χ3n) is 7.84. The summed E-state index contributed by atoms with van der Waals surface area (Å²) in [7, 11) is 2.13. The summed E-state index contributed by atoms with van der Waals surface area (Å²) in [5.74, 6) is -0.143. The van der Waals surface area contributed by atoms with Gasteiger partial charge in [-0.1, -0.05) is 0 Å². The summed E-state index contributed by atoms with van der Waals surface area (Å²) < 4.78 is 36.9. The molecule has 6 heterocycles. The molecule has 7 rings (SSSR count). The second-order valence-electron chi connectivity index (χ2n) is 9.68. The van der Waals surface area contributed by atoms with Crippen molar-refractivity contribution >= 4 is 43.3 Å². The van der Waals surface area contributed by atoms with Crippen LogP contribution in [-0.4, -0.2) is 52.6 Å². The van der Waals surface area contributed by atoms with Crippen molar-refractivity contribution in [2.24, 2.45) is 5.92 Å². The molecule has 3 aromatic heterocycles. The monoisotopic (exact) mass is 505 g/mol. The molecule has 0 spiro atoms. The minimum Gasteiger partial charge on any atom is -0.389 e. The highest BCUT2D eigenvalue weighted by Gasteiger charge is 2.40. The number of ether oxygens (including phenoxy) is 1. The van der Waals surface area contributed by atoms with E-state index in [-0.39, 0.29) is 50.6 Å². The average Bonchev–Trinajstić information content (AvgIpc) is 3.65. The number of aromatic nitrogens is 3. The van der Waals surface area contributed by atoms with Gasteiger partial charge in [-0.3, -0.25) is 4.98 Å². The van der Waals surface area contributed by atoms with Gasteiger partial charge in [-0.25, -0.2) is 18.7 Å². The Kier molecular flexibility index (Phi) is 4.70. The van der Waals surface area contributed by atoms with E-state index in [1.54, 1.807) is 6.20 Å². The number of anilines is 2. The third kappa shape index (κ3) is 2.92. The van der Waals surface area contributed by atoms with Crippen molar-refractivity contribution in [3.63, 3.8) is 0 Å². The van der Waals surface area contributed by atoms with Crippen molar-refractivity contribution in [2.45, 2.75) is 25.7 Å². The fourth-order valence-corrected chi connectivity index (χ4v) is 6.95. The van der Waals surface area contributed by atoms with Gasteiger partial charge in [0.2, 0.25) is 5.95 Å². The van der Waals surface area contributed by atoms with Gasteiger partial charge >= 0.3 is 0 Å². The first-order valence-corrected chi connectivity index (χ1v) is 12.6. The zero-order valence-corrected chi connectivity index (χ0v) is 20.2. The molecule has 2 unspecified atom stereocenters. The minimum absolute atomic E-state index is 0.0975. The van der Waals surface area contributed by atoms with E-state index in [0.717, 1.165) is 49.2 Å². The number of thiophene rings is 1. The number of nitriles is 1. The number of pyridine rings is 1. The molecule has 8 nitrogen and oxygen atoms in total. The van der Waals surface area contributed by atoms with Gasteiger partial charge in [0, 0.05) is 41.7 Å². The fourth-order valence-electron chi connectivity index (χ4n) is 6.03. The standard InChI is InChI=1S/C25H21F2N7OS/c1-33-3-2-11-7-34(8-17(11)33)25-31-5-13-14-9-35-10-15(14)18(20(27)21(13)32-25)22-19-12(4-28)24(29)36-23(19)16(26)6-30-22/h5-6,11,17H,2-3,7-10,29H2,1H3. The first-order valence-electron chi connectivity index (χ1n) is 11.8. The maximum Gasteiger partial charge on any atom is 0.226 e. The molecule has 2 fully saturated rings. The van der Waals surface area contributed by atoms with E-state index in [1.165, 1.54) is 0 Å². The first-order chi connectivity index (χ1) is 17.5. The Balaban J connectivity index is 1.45. The van der Waals surface area contributed by atoms with Crippen LogP contribution >= 0.6 is 11.3 Å². The molecular formula is C25H21F2N7OS. The molecule has 2 N–H and O–H groups in total. The van der Waals surface area contributed by atoms with E-state index in [9.17, 15) is 9.65 Å². The van der Waals surface area contributed by atoms with Gasteiger partial charge in [0.25, 0.3) is 0 Å². The molecule has 0 saturated carbocycles. The van der Waals surface area contributed by atoms with Crippen LogP contribution in [0.2, 0.25) is 0 Å². The van der Waals surface area contributed by atoms with Crippen LogP contribution in [-0.2, 0) is 18.0 Å². The Morgan fingerprint density at radius 2 is 2.03 bits per heavy atom. The van der Waals surface area contributed by atoms with Crippen LogP contribution in [0.15, 0.2) is 12.4 Å². The van der Waals surface area contributed by atoms with Gasteiger partial charge < -0.3 is 20.3 Å². The number of likely N-dealkylation sites (tertiary alicyclic amines) is 1. The van der Waals surface area contributed by atoms with Crippen molar-refractivity contribution in [1.82, 2.24) is 19.9 Å². The van der Waals surface area contributed by atoms with Crippen LogP contribution in [0.25, 0.3) is 32.2 Å². The first kappa shape index (κ1) is 21.8. The molecule has 0 bridgehead atoms. The molecule has 11 heteroatoms. The molecule has 0 aliphatic carbocycles. The molecule has 2 atom stereocenters. The van der Waals surface area contributed by atoms with E-state index in [2.05, 4.69) is 26.8 Å². The smallest absolute Gasteiger partial charge is 0.226 e. The summed E-state index contributed by atoms with van der Waals surface area (Å²) in [6, 6.07) is 2.49. The van der Waals surface area contributed by atoms with Gasteiger partial charge in [0.05, 0.1) is 35.4 Å². The molecule has 3 aliphatic rings. The van der Waals surface area contributed by atoms with E-state index in [0.29, 0.717) is 28.9 Å². The highest BCUT2D eigenvalue weighted by atomic mass is 32.1. The van der Waals surface area contributed by atoms with E-state index >= 15 is 4.39 Å². The summed E-state index contributed by atoms with van der Waals surface area (Å²) in [4.78, 5) is 18.0. The lowest BCUT2D eigenvalue weighted by molar-refractivity contribution is 0.135. The van der Waals surface area contributed by atoms with Gasteiger partial charge in [-0.2, -0.15) is 5.26 Å². The number of nitrogens with zero attached hydrogens (tertiary/aromatic N) is 6. The van der Waals surface area contributed by atoms with E-state index in [1.807, 2.05) is 6.07 Å². The van der Waals surface area contributed by atoms with Crippen LogP contribution in [0.1, 0.15) is 23.1 Å². The highest BCUT2D eigenvalue weighted by molar-refractivity contribution is 7.23. The predicted molar refractivity (Wildman–Crippen MR) is 132 cm³/mol. The third-order valence-corrected chi connectivity index (χ3v) is 8.87. The number of nitrogen functional groups attached to an aromatic ring is 1. The summed E-state index contributed by atoms with van der Waals surface area (Å²) in [6.07, 6.45) is 3.85. The number of rotatable bonds is 2. The van der Waals surface area contributed by atoms with Gasteiger partial charge in [-0.15, -0.1) is 11.3 Å². The topological polar surface area (TPSA) is 104 Å². The zero-order valence-electron chi connectivity index (χ0n) is 19.4. The Bertz CT molecular complexity index is 1630. The lowest BCUT2D eigenvalue weighted by atomic mass is 9.94. The lowest BCUT2D eigenvalue weighted by Gasteiger charge is -2.21. The summed E-state index contributed by atoms with van der Waals surface area (Å²) >= 11 is 0.959. The molecule has 0 amide bonds. The molecule has 182 valence electrons. The van der Waals surface area contributed by atoms with Crippen molar-refractivity contribution in [1.29, 1.82) is 5.26 Å². The van der Waals surface area contributed by atoms with Crippen molar-refractivity contribution in [2.75, 3.05) is 37.3 Å². The fraction of sp³-hybridized carbons (Fsp3) is 0.360. The summed E-state index contributed by atoms with van der Waals surface area (Å²) in [5.41, 5.74) is 8.03. The average molecular weight is 506 g/mol. The molecule has 0 radical (unpaired) electrons. The number of hydrogen-bond acceptors (Lipinski definition) is 9. The summed E-state index contributed by atoms with van der Waals surface area (Å²) in [6.45, 7) is 3.17. The quantitative estimate of drug-likeness (QED) is 0.439. The molecule has 3 aliphatic heterocycles. The van der Waals surface area contributed by atoms with Gasteiger partial charge in [0.1, 0.15) is 16.6 Å². The lowest BCUT2D eigenvalue weighted by Crippen LogP contribution is -2.32. The number of benzene rings is 1. The SMILES string of the molecule is CN1CCC2CN(c3ncc4c5c(c(-c6ncc(F)c7sc(N)c(C#N)c67)c(F)c4n3)COC5)CC21. The van der Waals surface area contributed by atoms with Crippen LogP contribution in [0.4, 0.5) is 19.7 Å². The number of hydrogen-bond donors (Lipinski definition) is 1. The minimum atomic E-state index is -0.602. The largest absolute Gasteiger partial charge is 0.389 e. The second kappa shape index (κ2) is 7.77. The van der Waals surface area contributed by atoms with Crippen LogP contribution in [0.3, 0.4) is 0 Å².